The highest BCUT2D eigenvalue weighted by molar-refractivity contribution is 4.90. The molecule has 1 saturated carbocycles. The monoisotopic (exact) mass is 211 g/mol. The lowest BCUT2D eigenvalue weighted by atomic mass is 10.4. The van der Waals surface area contributed by atoms with E-state index in [4.69, 9.17) is 9.63 Å². The number of hydrogen-bond donors (Lipinski definition) is 1. The topological polar surface area (TPSA) is 62.4 Å². The third-order valence-electron chi connectivity index (χ3n) is 2.62. The lowest BCUT2D eigenvalue weighted by molar-refractivity contribution is 0.167. The van der Waals surface area contributed by atoms with Crippen molar-refractivity contribution in [1.82, 2.24) is 15.0 Å². The minimum Gasteiger partial charge on any atom is -0.395 e. The Morgan fingerprint density at radius 1 is 1.53 bits per heavy atom. The van der Waals surface area contributed by atoms with Crippen LogP contribution in [0.25, 0.3) is 0 Å². The maximum absolute atomic E-state index is 8.93. The molecule has 1 aliphatic rings. The summed E-state index contributed by atoms with van der Waals surface area (Å²) in [6.07, 6.45) is 3.23. The zero-order valence-corrected chi connectivity index (χ0v) is 9.02. The first-order chi connectivity index (χ1) is 7.33. The van der Waals surface area contributed by atoms with Gasteiger partial charge < -0.3 is 9.63 Å². The van der Waals surface area contributed by atoms with Gasteiger partial charge in [-0.25, -0.2) is 0 Å². The molecule has 1 aliphatic carbocycles. The van der Waals surface area contributed by atoms with Gasteiger partial charge in [-0.2, -0.15) is 4.98 Å². The Hall–Kier alpha value is -0.940. The van der Waals surface area contributed by atoms with Crippen LogP contribution in [0.1, 0.15) is 31.5 Å². The number of hydrogen-bond acceptors (Lipinski definition) is 5. The van der Waals surface area contributed by atoms with Crippen molar-refractivity contribution >= 4 is 0 Å². The number of aryl methyl sites for hydroxylation is 1. The van der Waals surface area contributed by atoms with Crippen LogP contribution in [-0.2, 0) is 13.0 Å². The maximum atomic E-state index is 8.93. The summed E-state index contributed by atoms with van der Waals surface area (Å²) >= 11 is 0. The predicted octanol–water partition coefficient (Wildman–Crippen LogP) is 0.589. The highest BCUT2D eigenvalue weighted by atomic mass is 16.5. The Labute approximate surface area is 89.1 Å². The first-order valence-electron chi connectivity index (χ1n) is 5.50. The molecule has 1 aromatic rings. The van der Waals surface area contributed by atoms with Crippen LogP contribution in [0.15, 0.2) is 4.52 Å². The summed E-state index contributed by atoms with van der Waals surface area (Å²) in [5.74, 6) is 1.41. The third kappa shape index (κ3) is 2.76. The minimum absolute atomic E-state index is 0.186. The van der Waals surface area contributed by atoms with E-state index >= 15 is 0 Å². The second-order valence-electron chi connectivity index (χ2n) is 3.88. The fraction of sp³-hybridized carbons (Fsp3) is 0.800. The van der Waals surface area contributed by atoms with Crippen LogP contribution < -0.4 is 0 Å². The number of aromatic nitrogens is 2. The first kappa shape index (κ1) is 10.6. The summed E-state index contributed by atoms with van der Waals surface area (Å²) in [6, 6.07) is 0.606. The average molecular weight is 211 g/mol. The van der Waals surface area contributed by atoms with Crippen molar-refractivity contribution in [3.05, 3.63) is 11.7 Å². The minimum atomic E-state index is 0.186. The molecule has 0 aromatic carbocycles. The zero-order chi connectivity index (χ0) is 10.7. The summed E-state index contributed by atoms with van der Waals surface area (Å²) in [6.45, 7) is 3.54. The highest BCUT2D eigenvalue weighted by Crippen LogP contribution is 2.27. The van der Waals surface area contributed by atoms with Crippen molar-refractivity contribution in [1.29, 1.82) is 0 Å². The van der Waals surface area contributed by atoms with Crippen molar-refractivity contribution in [2.24, 2.45) is 0 Å². The first-order valence-corrected chi connectivity index (χ1v) is 5.50. The second-order valence-corrected chi connectivity index (χ2v) is 3.88. The average Bonchev–Trinajstić information content (AvgIpc) is 2.99. The van der Waals surface area contributed by atoms with Gasteiger partial charge in [0, 0.05) is 19.0 Å². The van der Waals surface area contributed by atoms with Crippen LogP contribution in [0.4, 0.5) is 0 Å². The van der Waals surface area contributed by atoms with Crippen LogP contribution >= 0.6 is 0 Å². The summed E-state index contributed by atoms with van der Waals surface area (Å²) in [5, 5.41) is 12.8. The molecule has 15 heavy (non-hydrogen) atoms. The third-order valence-corrected chi connectivity index (χ3v) is 2.62. The summed E-state index contributed by atoms with van der Waals surface area (Å²) < 4.78 is 5.13. The van der Waals surface area contributed by atoms with Crippen molar-refractivity contribution in [2.45, 2.75) is 38.8 Å². The second kappa shape index (κ2) is 4.72. The fourth-order valence-electron chi connectivity index (χ4n) is 1.63. The molecule has 0 atom stereocenters. The van der Waals surface area contributed by atoms with Crippen LogP contribution in [0.5, 0.6) is 0 Å². The molecule has 0 bridgehead atoms. The lowest BCUT2D eigenvalue weighted by Gasteiger charge is -2.17. The van der Waals surface area contributed by atoms with Gasteiger partial charge in [0.15, 0.2) is 5.82 Å². The Kier molecular flexibility index (Phi) is 3.33. The quantitative estimate of drug-likeness (QED) is 0.746. The van der Waals surface area contributed by atoms with E-state index in [1.807, 2.05) is 6.92 Å². The molecular weight excluding hydrogens is 194 g/mol. The largest absolute Gasteiger partial charge is 0.395 e. The predicted molar refractivity (Wildman–Crippen MR) is 54.2 cm³/mol. The molecule has 2 rings (SSSR count). The smallest absolute Gasteiger partial charge is 0.240 e. The van der Waals surface area contributed by atoms with Gasteiger partial charge >= 0.3 is 0 Å². The molecule has 1 heterocycles. The van der Waals surface area contributed by atoms with Crippen LogP contribution in [0.3, 0.4) is 0 Å². The molecular formula is C10H17N3O2. The van der Waals surface area contributed by atoms with E-state index in [-0.39, 0.29) is 6.61 Å². The molecule has 5 heteroatoms. The lowest BCUT2D eigenvalue weighted by Crippen LogP contribution is -2.28. The standard InChI is InChI=1S/C10H17N3O2/c1-2-9-11-10(15-12-9)7-13(5-6-14)8-3-4-8/h8,14H,2-7H2,1H3. The van der Waals surface area contributed by atoms with Crippen LogP contribution in [-0.4, -0.2) is 39.3 Å². The zero-order valence-electron chi connectivity index (χ0n) is 9.02. The molecule has 0 saturated heterocycles. The molecule has 5 nitrogen and oxygen atoms in total. The van der Waals surface area contributed by atoms with Gasteiger partial charge in [0.25, 0.3) is 0 Å². The normalized spacial score (nSPS) is 16.2. The van der Waals surface area contributed by atoms with E-state index in [0.717, 1.165) is 12.2 Å². The number of aliphatic hydroxyl groups excluding tert-OH is 1. The van der Waals surface area contributed by atoms with Gasteiger partial charge in [0.05, 0.1) is 13.2 Å². The Morgan fingerprint density at radius 2 is 2.33 bits per heavy atom. The van der Waals surface area contributed by atoms with Gasteiger partial charge in [0.2, 0.25) is 5.89 Å². The van der Waals surface area contributed by atoms with Crippen molar-refractivity contribution in [3.8, 4) is 0 Å². The van der Waals surface area contributed by atoms with Crippen LogP contribution in [0.2, 0.25) is 0 Å². The van der Waals surface area contributed by atoms with Crippen LogP contribution in [0, 0.1) is 0 Å². The molecule has 1 N–H and O–H groups in total. The molecule has 84 valence electrons. The van der Waals surface area contributed by atoms with Crippen molar-refractivity contribution in [3.63, 3.8) is 0 Å². The molecule has 0 radical (unpaired) electrons. The van der Waals surface area contributed by atoms with E-state index in [1.165, 1.54) is 12.8 Å². The Bertz CT molecular complexity index is 309. The van der Waals surface area contributed by atoms with Gasteiger partial charge in [0.1, 0.15) is 0 Å². The molecule has 0 unspecified atom stereocenters. The van der Waals surface area contributed by atoms with E-state index in [0.29, 0.717) is 25.0 Å². The molecule has 0 amide bonds. The molecule has 0 spiro atoms. The maximum Gasteiger partial charge on any atom is 0.240 e. The number of aliphatic hydroxyl groups is 1. The van der Waals surface area contributed by atoms with E-state index in [9.17, 15) is 0 Å². The number of rotatable bonds is 6. The number of nitrogens with zero attached hydrogens (tertiary/aromatic N) is 3. The summed E-state index contributed by atoms with van der Waals surface area (Å²) in [4.78, 5) is 6.46. The van der Waals surface area contributed by atoms with Gasteiger partial charge in [-0.3, -0.25) is 4.90 Å². The van der Waals surface area contributed by atoms with E-state index in [1.54, 1.807) is 0 Å². The van der Waals surface area contributed by atoms with Gasteiger partial charge in [-0.1, -0.05) is 12.1 Å². The van der Waals surface area contributed by atoms with Gasteiger partial charge in [-0.15, -0.1) is 0 Å². The molecule has 1 aromatic heterocycles. The van der Waals surface area contributed by atoms with Crippen molar-refractivity contribution in [2.75, 3.05) is 13.2 Å². The summed E-state index contributed by atoms with van der Waals surface area (Å²) in [5.41, 5.74) is 0. The summed E-state index contributed by atoms with van der Waals surface area (Å²) in [7, 11) is 0. The van der Waals surface area contributed by atoms with E-state index < -0.39 is 0 Å². The van der Waals surface area contributed by atoms with Gasteiger partial charge in [-0.05, 0) is 12.8 Å². The Morgan fingerprint density at radius 3 is 2.87 bits per heavy atom. The van der Waals surface area contributed by atoms with Crippen molar-refractivity contribution < 1.29 is 9.63 Å². The Balaban J connectivity index is 1.92. The van der Waals surface area contributed by atoms with E-state index in [2.05, 4.69) is 15.0 Å². The molecule has 1 fully saturated rings. The highest BCUT2D eigenvalue weighted by Gasteiger charge is 2.29. The molecule has 0 aliphatic heterocycles. The SMILES string of the molecule is CCc1noc(CN(CCO)C2CC2)n1. The fourth-order valence-corrected chi connectivity index (χ4v) is 1.63.